The molecule has 0 aliphatic carbocycles. The molecule has 0 radical (unpaired) electrons. The van der Waals surface area contributed by atoms with Gasteiger partial charge in [0.15, 0.2) is 0 Å². The predicted octanol–water partition coefficient (Wildman–Crippen LogP) is 3.32. The number of aryl methyl sites for hydroxylation is 3. The van der Waals surface area contributed by atoms with Gasteiger partial charge in [0.1, 0.15) is 17.0 Å². The van der Waals surface area contributed by atoms with Gasteiger partial charge in [-0.1, -0.05) is 13.0 Å². The number of imidazole rings is 1. The molecule has 4 rings (SSSR count). The summed E-state index contributed by atoms with van der Waals surface area (Å²) >= 11 is 0. The average molecular weight is 375 g/mol. The van der Waals surface area contributed by atoms with E-state index in [2.05, 4.69) is 26.8 Å². The molecule has 0 aliphatic heterocycles. The zero-order valence-electron chi connectivity index (χ0n) is 16.1. The predicted molar refractivity (Wildman–Crippen MR) is 109 cm³/mol. The summed E-state index contributed by atoms with van der Waals surface area (Å²) < 4.78 is 3.59. The van der Waals surface area contributed by atoms with Gasteiger partial charge in [-0.3, -0.25) is 14.0 Å². The van der Waals surface area contributed by atoms with Gasteiger partial charge < -0.3 is 9.88 Å². The third-order valence-corrected chi connectivity index (χ3v) is 4.81. The van der Waals surface area contributed by atoms with Crippen LogP contribution in [0, 0.1) is 13.8 Å². The van der Waals surface area contributed by atoms with Gasteiger partial charge in [0.05, 0.1) is 11.0 Å². The zero-order valence-corrected chi connectivity index (χ0v) is 16.1. The second-order valence-corrected chi connectivity index (χ2v) is 6.81. The van der Waals surface area contributed by atoms with Crippen molar-refractivity contribution in [3.63, 3.8) is 0 Å². The lowest BCUT2D eigenvalue weighted by atomic mass is 10.2. The highest BCUT2D eigenvalue weighted by Crippen LogP contribution is 2.21. The highest BCUT2D eigenvalue weighted by atomic mass is 16.2. The van der Waals surface area contributed by atoms with Crippen molar-refractivity contribution in [2.75, 3.05) is 5.32 Å². The lowest BCUT2D eigenvalue weighted by Gasteiger charge is -2.08. The topological polar surface area (TPSA) is 81.3 Å². The van der Waals surface area contributed by atoms with Crippen LogP contribution in [0.4, 0.5) is 5.69 Å². The van der Waals surface area contributed by atoms with E-state index < -0.39 is 5.91 Å². The Hall–Kier alpha value is -3.48. The van der Waals surface area contributed by atoms with Crippen LogP contribution in [0.15, 0.2) is 47.4 Å². The number of anilines is 1. The molecule has 1 aromatic carbocycles. The first kappa shape index (κ1) is 17.9. The first-order chi connectivity index (χ1) is 13.5. The number of hydrogen-bond acceptors (Lipinski definition) is 4. The fourth-order valence-electron chi connectivity index (χ4n) is 3.46. The molecule has 0 spiro atoms. The van der Waals surface area contributed by atoms with Crippen molar-refractivity contribution < 1.29 is 4.79 Å². The number of hydrogen-bond donors (Lipinski definition) is 1. The smallest absolute Gasteiger partial charge is 0.270 e. The van der Waals surface area contributed by atoms with E-state index in [0.29, 0.717) is 11.3 Å². The van der Waals surface area contributed by atoms with Crippen molar-refractivity contribution in [3.05, 3.63) is 70.0 Å². The molecular weight excluding hydrogens is 354 g/mol. The molecule has 7 heteroatoms. The molecule has 4 aromatic rings. The van der Waals surface area contributed by atoms with Gasteiger partial charge >= 0.3 is 0 Å². The number of amides is 1. The maximum Gasteiger partial charge on any atom is 0.270 e. The van der Waals surface area contributed by atoms with Crippen molar-refractivity contribution in [2.45, 2.75) is 33.7 Å². The molecule has 3 aromatic heterocycles. The van der Waals surface area contributed by atoms with Gasteiger partial charge in [-0.15, -0.1) is 0 Å². The van der Waals surface area contributed by atoms with Crippen molar-refractivity contribution >= 4 is 28.3 Å². The van der Waals surface area contributed by atoms with E-state index in [4.69, 9.17) is 0 Å². The largest absolute Gasteiger partial charge is 0.328 e. The van der Waals surface area contributed by atoms with Crippen LogP contribution in [0.2, 0.25) is 0 Å². The van der Waals surface area contributed by atoms with Crippen molar-refractivity contribution in [3.8, 4) is 0 Å². The van der Waals surface area contributed by atoms with Gasteiger partial charge in [0, 0.05) is 24.1 Å². The van der Waals surface area contributed by atoms with Crippen LogP contribution in [0.25, 0.3) is 16.7 Å². The quantitative estimate of drug-likeness (QED) is 0.593. The van der Waals surface area contributed by atoms with Crippen LogP contribution in [0.5, 0.6) is 0 Å². The Morgan fingerprint density at radius 3 is 2.79 bits per heavy atom. The van der Waals surface area contributed by atoms with Crippen LogP contribution < -0.4 is 10.9 Å². The Bertz CT molecular complexity index is 1270. The van der Waals surface area contributed by atoms with Crippen LogP contribution in [-0.4, -0.2) is 24.8 Å². The van der Waals surface area contributed by atoms with E-state index >= 15 is 0 Å². The number of nitrogens with zero attached hydrogens (tertiary/aromatic N) is 4. The van der Waals surface area contributed by atoms with Gasteiger partial charge in [-0.05, 0) is 50.6 Å². The average Bonchev–Trinajstić information content (AvgIpc) is 2.97. The third kappa shape index (κ3) is 2.94. The molecule has 1 N–H and O–H groups in total. The minimum absolute atomic E-state index is 0.000380. The minimum atomic E-state index is -0.487. The Morgan fingerprint density at radius 1 is 1.18 bits per heavy atom. The molecule has 142 valence electrons. The van der Waals surface area contributed by atoms with E-state index in [1.165, 1.54) is 10.6 Å². The molecule has 3 heterocycles. The summed E-state index contributed by atoms with van der Waals surface area (Å²) in [4.78, 5) is 34.3. The number of benzene rings is 1. The summed E-state index contributed by atoms with van der Waals surface area (Å²) in [6, 6.07) is 11.0. The first-order valence-corrected chi connectivity index (χ1v) is 9.25. The van der Waals surface area contributed by atoms with Gasteiger partial charge in [-0.2, -0.15) is 0 Å². The number of aromatic nitrogens is 4. The Morgan fingerprint density at radius 2 is 2.00 bits per heavy atom. The van der Waals surface area contributed by atoms with Crippen molar-refractivity contribution in [2.24, 2.45) is 0 Å². The fourth-order valence-corrected chi connectivity index (χ4v) is 3.46. The first-order valence-electron chi connectivity index (χ1n) is 9.25. The van der Waals surface area contributed by atoms with E-state index in [1.54, 1.807) is 19.1 Å². The van der Waals surface area contributed by atoms with Crippen LogP contribution >= 0.6 is 0 Å². The highest BCUT2D eigenvalue weighted by Gasteiger charge is 2.15. The third-order valence-electron chi connectivity index (χ3n) is 4.81. The minimum Gasteiger partial charge on any atom is -0.328 e. The SMILES string of the molecule is CCCn1c(C)nc2cc(NC(=O)c3cnc4cccc(C)n4c3=O)ccc21. The monoisotopic (exact) mass is 375 g/mol. The standard InChI is InChI=1S/C21H21N5O2/c1-4-10-25-14(3)23-17-11-15(8-9-18(17)25)24-20(27)16-12-22-19-7-5-6-13(2)26(19)21(16)28/h5-9,11-12H,4,10H2,1-3H3,(H,24,27). The van der Waals surface area contributed by atoms with E-state index in [0.717, 1.165) is 35.5 Å². The van der Waals surface area contributed by atoms with E-state index in [1.807, 2.05) is 31.2 Å². The fraction of sp³-hybridized carbons (Fsp3) is 0.238. The van der Waals surface area contributed by atoms with Crippen molar-refractivity contribution in [1.82, 2.24) is 18.9 Å². The second-order valence-electron chi connectivity index (χ2n) is 6.81. The maximum atomic E-state index is 12.8. The molecule has 28 heavy (non-hydrogen) atoms. The lowest BCUT2D eigenvalue weighted by molar-refractivity contribution is 0.102. The summed E-state index contributed by atoms with van der Waals surface area (Å²) in [5.41, 5.74) is 3.29. The normalized spacial score (nSPS) is 11.2. The lowest BCUT2D eigenvalue weighted by Crippen LogP contribution is -2.27. The van der Waals surface area contributed by atoms with Crippen molar-refractivity contribution in [1.29, 1.82) is 0 Å². The summed E-state index contributed by atoms with van der Waals surface area (Å²) in [7, 11) is 0. The molecule has 0 atom stereocenters. The van der Waals surface area contributed by atoms with Crippen LogP contribution in [0.3, 0.4) is 0 Å². The molecule has 0 saturated heterocycles. The maximum absolute atomic E-state index is 12.8. The Kier molecular flexibility index (Phi) is 4.43. The summed E-state index contributed by atoms with van der Waals surface area (Å²) in [6.07, 6.45) is 2.34. The van der Waals surface area contributed by atoms with Gasteiger partial charge in [0.2, 0.25) is 0 Å². The number of carbonyl (C=O) groups is 1. The number of nitrogens with one attached hydrogen (secondary N) is 1. The van der Waals surface area contributed by atoms with Gasteiger partial charge in [-0.25, -0.2) is 9.97 Å². The number of fused-ring (bicyclic) bond motifs is 2. The molecule has 0 unspecified atom stereocenters. The second kappa shape index (κ2) is 6.92. The van der Waals surface area contributed by atoms with E-state index in [-0.39, 0.29) is 11.1 Å². The number of carbonyl (C=O) groups excluding carboxylic acids is 1. The molecular formula is C21H21N5O2. The molecule has 7 nitrogen and oxygen atoms in total. The summed E-state index contributed by atoms with van der Waals surface area (Å²) in [5.74, 6) is 0.451. The van der Waals surface area contributed by atoms with Gasteiger partial charge in [0.25, 0.3) is 11.5 Å². The van der Waals surface area contributed by atoms with E-state index in [9.17, 15) is 9.59 Å². The summed E-state index contributed by atoms with van der Waals surface area (Å²) in [6.45, 7) is 6.79. The highest BCUT2D eigenvalue weighted by molar-refractivity contribution is 6.04. The molecule has 0 aliphatic rings. The molecule has 0 fully saturated rings. The molecule has 1 amide bonds. The molecule has 0 bridgehead atoms. The number of pyridine rings is 1. The number of rotatable bonds is 4. The Labute approximate surface area is 161 Å². The summed E-state index contributed by atoms with van der Waals surface area (Å²) in [5, 5.41) is 2.79. The Balaban J connectivity index is 1.69. The molecule has 0 saturated carbocycles. The zero-order chi connectivity index (χ0) is 19.8. The van der Waals surface area contributed by atoms with Crippen LogP contribution in [0.1, 0.15) is 35.2 Å². The van der Waals surface area contributed by atoms with Crippen LogP contribution in [-0.2, 0) is 6.54 Å².